The van der Waals surface area contributed by atoms with Crippen LogP contribution in [0.2, 0.25) is 0 Å². The quantitative estimate of drug-likeness (QED) is 0.485. The first-order valence-corrected chi connectivity index (χ1v) is 7.72. The largest absolute Gasteiger partial charge is 0.496 e. The molecule has 6 nitrogen and oxygen atoms in total. The summed E-state index contributed by atoms with van der Waals surface area (Å²) in [5, 5.41) is 4.85. The number of carbonyl (C=O) groups excluding carboxylic acids is 2. The third kappa shape index (κ3) is 3.68. The molecule has 122 valence electrons. The molecule has 0 atom stereocenters. The molecule has 1 aliphatic rings. The second kappa shape index (κ2) is 7.23. The highest BCUT2D eigenvalue weighted by Crippen LogP contribution is 2.27. The summed E-state index contributed by atoms with van der Waals surface area (Å²) in [7, 11) is 1.55. The van der Waals surface area contributed by atoms with Crippen molar-refractivity contribution in [1.82, 2.24) is 10.6 Å². The van der Waals surface area contributed by atoms with Crippen LogP contribution in [0.15, 0.2) is 23.8 Å². The van der Waals surface area contributed by atoms with Crippen molar-refractivity contribution in [2.24, 2.45) is 0 Å². The number of carbonyl (C=O) groups is 2. The van der Waals surface area contributed by atoms with E-state index in [0.717, 1.165) is 18.8 Å². The van der Waals surface area contributed by atoms with Crippen molar-refractivity contribution in [3.8, 4) is 5.75 Å². The second-order valence-electron chi connectivity index (χ2n) is 4.89. The van der Waals surface area contributed by atoms with Gasteiger partial charge in [0.25, 0.3) is 11.8 Å². The summed E-state index contributed by atoms with van der Waals surface area (Å²) in [5.41, 5.74) is 1.65. The first-order chi connectivity index (χ1) is 11.0. The Morgan fingerprint density at radius 1 is 1.17 bits per heavy atom. The number of rotatable bonds is 5. The number of methoxy groups -OCH3 is 1. The molecule has 7 heteroatoms. The van der Waals surface area contributed by atoms with Gasteiger partial charge in [0.05, 0.1) is 7.11 Å². The van der Waals surface area contributed by atoms with Crippen LogP contribution in [0.4, 0.5) is 5.69 Å². The predicted octanol–water partition coefficient (Wildman–Crippen LogP) is 1.46. The third-order valence-corrected chi connectivity index (χ3v) is 3.79. The molecular weight excluding hydrogens is 314 g/mol. The van der Waals surface area contributed by atoms with E-state index in [2.05, 4.69) is 29.4 Å². The van der Waals surface area contributed by atoms with Gasteiger partial charge in [0, 0.05) is 24.3 Å². The van der Waals surface area contributed by atoms with E-state index in [0.29, 0.717) is 11.3 Å². The highest BCUT2D eigenvalue weighted by molar-refractivity contribution is 7.80. The van der Waals surface area contributed by atoms with Gasteiger partial charge in [-0.1, -0.05) is 0 Å². The summed E-state index contributed by atoms with van der Waals surface area (Å²) in [6.07, 6.45) is 1.51. The molecule has 0 unspecified atom stereocenters. The van der Waals surface area contributed by atoms with Crippen LogP contribution in [0.3, 0.4) is 0 Å². The van der Waals surface area contributed by atoms with Crippen molar-refractivity contribution in [2.75, 3.05) is 25.1 Å². The zero-order chi connectivity index (χ0) is 17.0. The highest BCUT2D eigenvalue weighted by atomic mass is 32.1. The van der Waals surface area contributed by atoms with Crippen LogP contribution in [0.1, 0.15) is 19.4 Å². The zero-order valence-electron chi connectivity index (χ0n) is 13.3. The molecule has 0 aliphatic carbocycles. The average molecular weight is 333 g/mol. The molecule has 0 saturated carbocycles. The van der Waals surface area contributed by atoms with Crippen molar-refractivity contribution in [1.29, 1.82) is 0 Å². The number of thiocarbonyl (C=S) groups is 1. The molecule has 0 spiro atoms. The van der Waals surface area contributed by atoms with Crippen LogP contribution >= 0.6 is 12.2 Å². The van der Waals surface area contributed by atoms with E-state index >= 15 is 0 Å². The SMILES string of the molecule is CCN(CC)c1ccc(OC)c(C=C2C(=O)NC(=S)NC2=O)c1. The Bertz CT molecular complexity index is 659. The van der Waals surface area contributed by atoms with Crippen molar-refractivity contribution in [2.45, 2.75) is 13.8 Å². The van der Waals surface area contributed by atoms with E-state index < -0.39 is 11.8 Å². The minimum Gasteiger partial charge on any atom is -0.496 e. The van der Waals surface area contributed by atoms with Crippen LogP contribution in [-0.2, 0) is 9.59 Å². The number of anilines is 1. The normalized spacial score (nSPS) is 14.2. The Morgan fingerprint density at radius 3 is 2.30 bits per heavy atom. The molecule has 1 aliphatic heterocycles. The summed E-state index contributed by atoms with van der Waals surface area (Å²) in [6, 6.07) is 5.67. The van der Waals surface area contributed by atoms with Gasteiger partial charge < -0.3 is 9.64 Å². The van der Waals surface area contributed by atoms with Crippen LogP contribution in [0.25, 0.3) is 6.08 Å². The number of amides is 2. The summed E-state index contributed by atoms with van der Waals surface area (Å²) in [6.45, 7) is 5.84. The fourth-order valence-corrected chi connectivity index (χ4v) is 2.57. The van der Waals surface area contributed by atoms with Gasteiger partial charge >= 0.3 is 0 Å². The fourth-order valence-electron chi connectivity index (χ4n) is 2.38. The maximum atomic E-state index is 12.0. The van der Waals surface area contributed by atoms with Gasteiger partial charge in [-0.05, 0) is 50.3 Å². The lowest BCUT2D eigenvalue weighted by Gasteiger charge is -2.22. The van der Waals surface area contributed by atoms with E-state index in [-0.39, 0.29) is 10.7 Å². The van der Waals surface area contributed by atoms with Crippen LogP contribution in [0, 0.1) is 0 Å². The molecule has 2 rings (SSSR count). The van der Waals surface area contributed by atoms with Crippen molar-refractivity contribution < 1.29 is 14.3 Å². The van der Waals surface area contributed by atoms with E-state index in [1.807, 2.05) is 18.2 Å². The summed E-state index contributed by atoms with van der Waals surface area (Å²) >= 11 is 4.79. The third-order valence-electron chi connectivity index (χ3n) is 3.59. The van der Waals surface area contributed by atoms with E-state index in [1.54, 1.807) is 7.11 Å². The number of nitrogens with one attached hydrogen (secondary N) is 2. The smallest absolute Gasteiger partial charge is 0.263 e. The van der Waals surface area contributed by atoms with Crippen LogP contribution in [-0.4, -0.2) is 37.1 Å². The van der Waals surface area contributed by atoms with Crippen molar-refractivity contribution >= 4 is 40.9 Å². The second-order valence-corrected chi connectivity index (χ2v) is 5.30. The molecule has 23 heavy (non-hydrogen) atoms. The maximum absolute atomic E-state index is 12.0. The molecule has 1 aromatic carbocycles. The van der Waals surface area contributed by atoms with Gasteiger partial charge in [-0.2, -0.15) is 0 Å². The first kappa shape index (κ1) is 17.0. The lowest BCUT2D eigenvalue weighted by atomic mass is 10.1. The Balaban J connectivity index is 2.46. The summed E-state index contributed by atoms with van der Waals surface area (Å²) in [4.78, 5) is 26.1. The molecular formula is C16H19N3O3S. The number of ether oxygens (including phenoxy) is 1. The van der Waals surface area contributed by atoms with Gasteiger partial charge in [0.1, 0.15) is 11.3 Å². The molecule has 0 bridgehead atoms. The molecule has 1 saturated heterocycles. The van der Waals surface area contributed by atoms with Gasteiger partial charge in [-0.3, -0.25) is 20.2 Å². The van der Waals surface area contributed by atoms with Gasteiger partial charge in [0.15, 0.2) is 5.11 Å². The fraction of sp³-hybridized carbons (Fsp3) is 0.312. The topological polar surface area (TPSA) is 70.7 Å². The van der Waals surface area contributed by atoms with Gasteiger partial charge in [0.2, 0.25) is 0 Å². The minimum atomic E-state index is -0.519. The molecule has 2 amide bonds. The Kier molecular flexibility index (Phi) is 5.33. The minimum absolute atomic E-state index is 0.00593. The number of nitrogens with zero attached hydrogens (tertiary/aromatic N) is 1. The van der Waals surface area contributed by atoms with Crippen molar-refractivity contribution in [3.05, 3.63) is 29.3 Å². The van der Waals surface area contributed by atoms with Crippen molar-refractivity contribution in [3.63, 3.8) is 0 Å². The Labute approximate surface area is 140 Å². The molecule has 0 radical (unpaired) electrons. The Morgan fingerprint density at radius 2 is 1.78 bits per heavy atom. The van der Waals surface area contributed by atoms with E-state index in [9.17, 15) is 9.59 Å². The lowest BCUT2D eigenvalue weighted by molar-refractivity contribution is -0.123. The highest BCUT2D eigenvalue weighted by Gasteiger charge is 2.26. The zero-order valence-corrected chi connectivity index (χ0v) is 14.1. The standard InChI is InChI=1S/C16H19N3O3S/c1-4-19(5-2)11-6-7-13(22-3)10(8-11)9-12-14(20)17-16(23)18-15(12)21/h6-9H,4-5H2,1-3H3,(H2,17,18,20,21,23). The predicted molar refractivity (Wildman–Crippen MR) is 93.4 cm³/mol. The van der Waals surface area contributed by atoms with Gasteiger partial charge in [-0.25, -0.2) is 0 Å². The maximum Gasteiger partial charge on any atom is 0.263 e. The van der Waals surface area contributed by atoms with E-state index in [1.165, 1.54) is 6.08 Å². The molecule has 0 aromatic heterocycles. The summed E-state index contributed by atoms with van der Waals surface area (Å²) < 4.78 is 5.33. The molecule has 1 fully saturated rings. The first-order valence-electron chi connectivity index (χ1n) is 7.31. The average Bonchev–Trinajstić information content (AvgIpc) is 2.52. The molecule has 2 N–H and O–H groups in total. The number of hydrogen-bond donors (Lipinski definition) is 2. The molecule has 1 aromatic rings. The monoisotopic (exact) mass is 333 g/mol. The Hall–Kier alpha value is -2.41. The number of hydrogen-bond acceptors (Lipinski definition) is 5. The summed E-state index contributed by atoms with van der Waals surface area (Å²) in [5.74, 6) is -0.453. The van der Waals surface area contributed by atoms with Gasteiger partial charge in [-0.15, -0.1) is 0 Å². The van der Waals surface area contributed by atoms with Crippen LogP contribution < -0.4 is 20.3 Å². The number of benzene rings is 1. The van der Waals surface area contributed by atoms with Crippen LogP contribution in [0.5, 0.6) is 5.75 Å². The van der Waals surface area contributed by atoms with E-state index in [4.69, 9.17) is 17.0 Å². The molecule has 1 heterocycles. The lowest BCUT2D eigenvalue weighted by Crippen LogP contribution is -2.51.